The van der Waals surface area contributed by atoms with Gasteiger partial charge in [0.2, 0.25) is 5.91 Å². The monoisotopic (exact) mass is 396 g/mol. The fraction of sp³-hybridized carbons (Fsp3) is 0.348. The number of benzene rings is 1. The molecule has 0 radical (unpaired) electrons. The molecule has 1 aliphatic heterocycles. The molecule has 4 rings (SSSR count). The highest BCUT2D eigenvalue weighted by Crippen LogP contribution is 2.26. The molecule has 5 nitrogen and oxygen atoms in total. The molecule has 2 atom stereocenters. The number of carbonyl (C=O) groups is 1. The lowest BCUT2D eigenvalue weighted by Gasteiger charge is -2.27. The van der Waals surface area contributed by atoms with Crippen molar-refractivity contribution in [1.29, 1.82) is 0 Å². The van der Waals surface area contributed by atoms with Gasteiger partial charge in [-0.1, -0.05) is 12.1 Å². The van der Waals surface area contributed by atoms with Crippen molar-refractivity contribution in [3.05, 3.63) is 84.0 Å². The number of nitrogens with one attached hydrogen (secondary N) is 1. The molecule has 1 saturated heterocycles. The van der Waals surface area contributed by atoms with Crippen molar-refractivity contribution in [2.75, 3.05) is 19.6 Å². The molecule has 1 amide bonds. The van der Waals surface area contributed by atoms with Gasteiger partial charge in [-0.3, -0.25) is 9.69 Å². The van der Waals surface area contributed by atoms with Gasteiger partial charge < -0.3 is 14.2 Å². The summed E-state index contributed by atoms with van der Waals surface area (Å²) in [5.74, 6) is 0.687. The van der Waals surface area contributed by atoms with E-state index in [0.717, 1.165) is 43.0 Å². The number of hydrogen-bond donors (Lipinski definition) is 1. The summed E-state index contributed by atoms with van der Waals surface area (Å²) in [7, 11) is 0. The maximum absolute atomic E-state index is 13.4. The van der Waals surface area contributed by atoms with E-state index in [1.807, 2.05) is 18.2 Å². The fourth-order valence-electron chi connectivity index (χ4n) is 3.95. The third-order valence-electron chi connectivity index (χ3n) is 5.50. The van der Waals surface area contributed by atoms with Crippen LogP contribution in [0.4, 0.5) is 4.39 Å². The average Bonchev–Trinajstić information content (AvgIpc) is 3.50. The van der Waals surface area contributed by atoms with Crippen molar-refractivity contribution in [3.8, 4) is 0 Å². The van der Waals surface area contributed by atoms with E-state index in [4.69, 9.17) is 8.83 Å². The van der Waals surface area contributed by atoms with Gasteiger partial charge in [0.15, 0.2) is 0 Å². The van der Waals surface area contributed by atoms with Crippen LogP contribution in [-0.4, -0.2) is 30.4 Å². The molecule has 3 heterocycles. The first kappa shape index (κ1) is 19.5. The number of amides is 1. The lowest BCUT2D eigenvalue weighted by atomic mass is 9.93. The van der Waals surface area contributed by atoms with E-state index in [0.29, 0.717) is 13.0 Å². The predicted octanol–water partition coefficient (Wildman–Crippen LogP) is 4.29. The van der Waals surface area contributed by atoms with Gasteiger partial charge in [0, 0.05) is 13.0 Å². The van der Waals surface area contributed by atoms with Crippen molar-refractivity contribution in [2.24, 2.45) is 0 Å². The molecular weight excluding hydrogens is 371 g/mol. The molecule has 3 aromatic rings. The first-order valence-corrected chi connectivity index (χ1v) is 10.0. The molecule has 2 unspecified atom stereocenters. The summed E-state index contributed by atoms with van der Waals surface area (Å²) >= 11 is 0. The van der Waals surface area contributed by atoms with Gasteiger partial charge in [0.25, 0.3) is 0 Å². The minimum Gasteiger partial charge on any atom is -0.469 e. The molecule has 0 saturated carbocycles. The fourth-order valence-corrected chi connectivity index (χ4v) is 3.95. The number of likely N-dealkylation sites (tertiary alicyclic amines) is 1. The lowest BCUT2D eigenvalue weighted by molar-refractivity contribution is -0.122. The van der Waals surface area contributed by atoms with E-state index in [-0.39, 0.29) is 17.8 Å². The van der Waals surface area contributed by atoms with Crippen LogP contribution in [0.15, 0.2) is 69.9 Å². The Kier molecular flexibility index (Phi) is 6.10. The summed E-state index contributed by atoms with van der Waals surface area (Å²) in [5.41, 5.74) is 0.760. The lowest BCUT2D eigenvalue weighted by Crippen LogP contribution is -2.39. The third-order valence-corrected chi connectivity index (χ3v) is 5.50. The Hall–Kier alpha value is -2.86. The molecule has 0 aliphatic carbocycles. The van der Waals surface area contributed by atoms with E-state index in [9.17, 15) is 9.18 Å². The van der Waals surface area contributed by atoms with Gasteiger partial charge in [0.05, 0.1) is 24.5 Å². The highest BCUT2D eigenvalue weighted by molar-refractivity contribution is 5.84. The first-order chi connectivity index (χ1) is 14.2. The SMILES string of the molecule is O=C(NCC(c1ccco1)N1CCCC1)C(Cc1ccco1)c1ccc(F)cc1. The van der Waals surface area contributed by atoms with Crippen LogP contribution in [-0.2, 0) is 11.2 Å². The maximum Gasteiger partial charge on any atom is 0.228 e. The molecule has 1 N–H and O–H groups in total. The second-order valence-corrected chi connectivity index (χ2v) is 7.41. The van der Waals surface area contributed by atoms with Crippen LogP contribution in [0, 0.1) is 5.82 Å². The van der Waals surface area contributed by atoms with Crippen LogP contribution >= 0.6 is 0 Å². The zero-order chi connectivity index (χ0) is 20.1. The van der Waals surface area contributed by atoms with Crippen molar-refractivity contribution in [2.45, 2.75) is 31.2 Å². The van der Waals surface area contributed by atoms with Crippen molar-refractivity contribution >= 4 is 5.91 Å². The maximum atomic E-state index is 13.4. The van der Waals surface area contributed by atoms with E-state index in [1.165, 1.54) is 12.1 Å². The summed E-state index contributed by atoms with van der Waals surface area (Å²) in [6.45, 7) is 2.45. The molecule has 152 valence electrons. The molecule has 1 fully saturated rings. The second-order valence-electron chi connectivity index (χ2n) is 7.41. The van der Waals surface area contributed by atoms with E-state index in [2.05, 4.69) is 10.2 Å². The summed E-state index contributed by atoms with van der Waals surface area (Å²) in [6.07, 6.45) is 5.98. The Morgan fingerprint density at radius 1 is 1.03 bits per heavy atom. The summed E-state index contributed by atoms with van der Waals surface area (Å²) in [5, 5.41) is 3.10. The Labute approximate surface area is 169 Å². The molecule has 6 heteroatoms. The first-order valence-electron chi connectivity index (χ1n) is 10.0. The van der Waals surface area contributed by atoms with E-state index < -0.39 is 5.92 Å². The minimum atomic E-state index is -0.461. The van der Waals surface area contributed by atoms with Crippen LogP contribution in [0.1, 0.15) is 41.9 Å². The van der Waals surface area contributed by atoms with Crippen molar-refractivity contribution in [3.63, 3.8) is 0 Å². The highest BCUT2D eigenvalue weighted by Gasteiger charge is 2.28. The van der Waals surface area contributed by atoms with Crippen molar-refractivity contribution in [1.82, 2.24) is 10.2 Å². The predicted molar refractivity (Wildman–Crippen MR) is 107 cm³/mol. The summed E-state index contributed by atoms with van der Waals surface area (Å²) in [6, 6.07) is 13.6. The molecule has 29 heavy (non-hydrogen) atoms. The standard InChI is InChI=1S/C23H25FN2O3/c24-18-9-7-17(8-10-18)20(15-19-5-3-13-28-19)23(27)25-16-21(22-6-4-14-29-22)26-11-1-2-12-26/h3-10,13-14,20-21H,1-2,11-12,15-16H2,(H,25,27). The Bertz CT molecular complexity index is 885. The average molecular weight is 396 g/mol. The van der Waals surface area contributed by atoms with Crippen LogP contribution in [0.3, 0.4) is 0 Å². The number of carbonyl (C=O) groups excluding carboxylic acids is 1. The normalized spacial score (nSPS) is 16.6. The molecule has 1 aromatic carbocycles. The van der Waals surface area contributed by atoms with Gasteiger partial charge in [-0.25, -0.2) is 4.39 Å². The number of rotatable bonds is 8. The molecular formula is C23H25FN2O3. The summed E-state index contributed by atoms with van der Waals surface area (Å²) in [4.78, 5) is 15.5. The van der Waals surface area contributed by atoms with Gasteiger partial charge >= 0.3 is 0 Å². The highest BCUT2D eigenvalue weighted by atomic mass is 19.1. The smallest absolute Gasteiger partial charge is 0.228 e. The van der Waals surface area contributed by atoms with Crippen LogP contribution < -0.4 is 5.32 Å². The zero-order valence-corrected chi connectivity index (χ0v) is 16.2. The molecule has 2 aromatic heterocycles. The van der Waals surface area contributed by atoms with E-state index in [1.54, 1.807) is 30.7 Å². The zero-order valence-electron chi connectivity index (χ0n) is 16.2. The van der Waals surface area contributed by atoms with Crippen molar-refractivity contribution < 1.29 is 18.0 Å². The number of nitrogens with zero attached hydrogens (tertiary/aromatic N) is 1. The Morgan fingerprint density at radius 3 is 2.41 bits per heavy atom. The van der Waals surface area contributed by atoms with Crippen LogP contribution in [0.2, 0.25) is 0 Å². The number of halogens is 1. The molecule has 0 bridgehead atoms. The minimum absolute atomic E-state index is 0.00827. The summed E-state index contributed by atoms with van der Waals surface area (Å²) < 4.78 is 24.5. The van der Waals surface area contributed by atoms with Gasteiger partial charge in [-0.15, -0.1) is 0 Å². The van der Waals surface area contributed by atoms with Gasteiger partial charge in [-0.2, -0.15) is 0 Å². The quantitative estimate of drug-likeness (QED) is 0.617. The topological polar surface area (TPSA) is 58.6 Å². The van der Waals surface area contributed by atoms with Crippen LogP contribution in [0.5, 0.6) is 0 Å². The largest absolute Gasteiger partial charge is 0.469 e. The van der Waals surface area contributed by atoms with E-state index >= 15 is 0 Å². The third kappa shape index (κ3) is 4.77. The number of furan rings is 2. The van der Waals surface area contributed by atoms with Crippen LogP contribution in [0.25, 0.3) is 0 Å². The Balaban J connectivity index is 1.49. The molecule has 1 aliphatic rings. The van der Waals surface area contributed by atoms with Gasteiger partial charge in [-0.05, 0) is 67.9 Å². The molecule has 0 spiro atoms. The Morgan fingerprint density at radius 2 is 1.76 bits per heavy atom. The number of hydrogen-bond acceptors (Lipinski definition) is 4. The second kappa shape index (κ2) is 9.09. The van der Waals surface area contributed by atoms with Gasteiger partial charge in [0.1, 0.15) is 17.3 Å².